The molecule has 258 valence electrons. The van der Waals surface area contributed by atoms with Crippen LogP contribution in [0.1, 0.15) is 66.8 Å². The van der Waals surface area contributed by atoms with Gasteiger partial charge in [-0.1, -0.05) is 84.9 Å². The van der Waals surface area contributed by atoms with Crippen LogP contribution in [0.5, 0.6) is 0 Å². The second kappa shape index (κ2) is 14.8. The van der Waals surface area contributed by atoms with Crippen molar-refractivity contribution < 1.29 is 0 Å². The highest BCUT2D eigenvalue weighted by molar-refractivity contribution is 6.35. The summed E-state index contributed by atoms with van der Waals surface area (Å²) in [5, 5.41) is 64.1. The van der Waals surface area contributed by atoms with Crippen LogP contribution in [0.2, 0.25) is 0 Å². The van der Waals surface area contributed by atoms with E-state index in [2.05, 4.69) is 43.7 Å². The molecule has 0 saturated carbocycles. The van der Waals surface area contributed by atoms with E-state index in [0.717, 1.165) is 0 Å². The Kier molecular flexibility index (Phi) is 9.25. The zero-order chi connectivity index (χ0) is 41.1. The second-order valence-corrected chi connectivity index (χ2v) is 12.5. The SMILES string of the molecule is [C-]#[N+]C1=C(c2ccccc2)/C(=C(/C#N)c2ccc([N+]#[C-])c([N+]#[C-])c2)c2c(C#N)c3c(c(C#N)c21)C(C#N)=C(c1ccccc1)/C3=C(/[N+]#[C-])c1ccc(C#N)c(C#N)c1. The van der Waals surface area contributed by atoms with Gasteiger partial charge in [-0.3, -0.25) is 9.69 Å². The third-order valence-corrected chi connectivity index (χ3v) is 9.80. The summed E-state index contributed by atoms with van der Waals surface area (Å²) < 4.78 is 0. The maximum absolute atomic E-state index is 11.4. The van der Waals surface area contributed by atoms with Gasteiger partial charge in [0, 0.05) is 16.7 Å². The van der Waals surface area contributed by atoms with E-state index in [1.807, 2.05) is 12.1 Å². The molecule has 2 aliphatic carbocycles. The molecule has 10 heteroatoms. The van der Waals surface area contributed by atoms with Gasteiger partial charge < -0.3 is 0 Å². The molecular formula is C48H16N10. The zero-order valence-electron chi connectivity index (χ0n) is 29.7. The molecule has 0 unspecified atom stereocenters. The van der Waals surface area contributed by atoms with Crippen LogP contribution in [0, 0.1) is 94.3 Å². The Morgan fingerprint density at radius 3 is 1.60 bits per heavy atom. The fourth-order valence-electron chi connectivity index (χ4n) is 7.47. The first kappa shape index (κ1) is 36.3. The molecule has 0 heterocycles. The molecule has 58 heavy (non-hydrogen) atoms. The first-order valence-corrected chi connectivity index (χ1v) is 16.9. The van der Waals surface area contributed by atoms with Crippen molar-refractivity contribution in [3.05, 3.63) is 209 Å². The highest BCUT2D eigenvalue weighted by Crippen LogP contribution is 2.59. The average Bonchev–Trinajstić information content (AvgIpc) is 3.79. The van der Waals surface area contributed by atoms with Crippen LogP contribution >= 0.6 is 0 Å². The summed E-state index contributed by atoms with van der Waals surface area (Å²) in [4.78, 5) is 14.7. The predicted molar refractivity (Wildman–Crippen MR) is 215 cm³/mol. The molecule has 0 saturated heterocycles. The van der Waals surface area contributed by atoms with E-state index in [1.54, 1.807) is 60.7 Å². The standard InChI is InChI=1S/C48H16N10/c1-55-37-18-17-29(20-38(37)56-2)33(23-51)42-40(28-13-9-6-10-14-28)48(58-4)45-35(25-53)41-34(24-52)39(27-11-7-5-8-12-27)46(43(41)36(26-54)44(42)45)47(57-3)30-15-16-31(21-49)32(19-30)22-50/h5-20H/b42-33+,47-46-. The minimum absolute atomic E-state index is 0.0109. The van der Waals surface area contributed by atoms with Gasteiger partial charge in [-0.05, 0) is 62.2 Å². The summed E-state index contributed by atoms with van der Waals surface area (Å²) in [7, 11) is 0. The van der Waals surface area contributed by atoms with Crippen LogP contribution in [0.15, 0.2) is 97.1 Å². The molecule has 0 bridgehead atoms. The Balaban J connectivity index is 1.77. The van der Waals surface area contributed by atoms with Crippen LogP contribution in [-0.2, 0) is 0 Å². The quantitative estimate of drug-likeness (QED) is 0.132. The van der Waals surface area contributed by atoms with E-state index in [0.29, 0.717) is 11.1 Å². The maximum atomic E-state index is 11.4. The molecule has 5 aromatic carbocycles. The molecule has 7 rings (SSSR count). The van der Waals surface area contributed by atoms with Gasteiger partial charge in [0.05, 0.1) is 65.8 Å². The molecule has 0 atom stereocenters. The number of hydrogen-bond donors (Lipinski definition) is 0. The minimum Gasteiger partial charge on any atom is -0.250 e. The fourth-order valence-corrected chi connectivity index (χ4v) is 7.47. The van der Waals surface area contributed by atoms with Crippen LogP contribution in [0.25, 0.3) is 64.2 Å². The number of benzene rings is 5. The van der Waals surface area contributed by atoms with Crippen molar-refractivity contribution in [2.45, 2.75) is 0 Å². The third kappa shape index (κ3) is 5.34. The molecule has 0 amide bonds. The summed E-state index contributed by atoms with van der Waals surface area (Å²) in [6, 6.07) is 38.8. The highest BCUT2D eigenvalue weighted by Gasteiger charge is 2.43. The summed E-state index contributed by atoms with van der Waals surface area (Å²) in [5.74, 6) is 0. The van der Waals surface area contributed by atoms with Gasteiger partial charge in [0.2, 0.25) is 11.4 Å². The molecular weight excluding hydrogens is 717 g/mol. The lowest BCUT2D eigenvalue weighted by Crippen LogP contribution is -2.05. The van der Waals surface area contributed by atoms with Crippen molar-refractivity contribution in [3.63, 3.8) is 0 Å². The number of hydrogen-bond acceptors (Lipinski definition) is 6. The van der Waals surface area contributed by atoms with Gasteiger partial charge in [-0.25, -0.2) is 9.69 Å². The molecule has 0 spiro atoms. The van der Waals surface area contributed by atoms with Gasteiger partial charge in [-0.2, -0.15) is 31.6 Å². The monoisotopic (exact) mass is 732 g/mol. The topological polar surface area (TPSA) is 160 Å². The Hall–Kier alpha value is -10.0. The van der Waals surface area contributed by atoms with Gasteiger partial charge in [0.15, 0.2) is 11.4 Å². The van der Waals surface area contributed by atoms with Crippen LogP contribution in [0.4, 0.5) is 11.4 Å². The molecule has 0 aromatic heterocycles. The van der Waals surface area contributed by atoms with E-state index in [1.165, 1.54) is 36.4 Å². The molecule has 10 nitrogen and oxygen atoms in total. The van der Waals surface area contributed by atoms with Gasteiger partial charge in [0.1, 0.15) is 30.3 Å². The fraction of sp³-hybridized carbons (Fsp3) is 0. The lowest BCUT2D eigenvalue weighted by atomic mass is 9.81. The van der Waals surface area contributed by atoms with Crippen LogP contribution in [-0.4, -0.2) is 0 Å². The number of fused-ring (bicyclic) bond motifs is 2. The molecule has 5 aromatic rings. The molecule has 0 fully saturated rings. The van der Waals surface area contributed by atoms with Crippen molar-refractivity contribution in [1.82, 2.24) is 0 Å². The molecule has 2 aliphatic rings. The second-order valence-electron chi connectivity index (χ2n) is 12.5. The Morgan fingerprint density at radius 2 is 1.07 bits per heavy atom. The van der Waals surface area contributed by atoms with E-state index >= 15 is 0 Å². The Bertz CT molecular complexity index is 3100. The normalized spacial score (nSPS) is 13.6. The largest absolute Gasteiger partial charge is 0.250 e. The molecule has 0 N–H and O–H groups in total. The minimum atomic E-state index is -0.136. The smallest absolute Gasteiger partial charge is 0.204 e. The average molecular weight is 733 g/mol. The van der Waals surface area contributed by atoms with Crippen LogP contribution in [0.3, 0.4) is 0 Å². The van der Waals surface area contributed by atoms with E-state index in [4.69, 9.17) is 26.3 Å². The number of nitrogens with zero attached hydrogens (tertiary/aromatic N) is 10. The molecule has 0 aliphatic heterocycles. The summed E-state index contributed by atoms with van der Waals surface area (Å²) in [6.45, 7) is 32.3. The van der Waals surface area contributed by atoms with Crippen molar-refractivity contribution in [2.24, 2.45) is 0 Å². The van der Waals surface area contributed by atoms with Crippen molar-refractivity contribution in [2.75, 3.05) is 0 Å². The zero-order valence-corrected chi connectivity index (χ0v) is 29.7. The predicted octanol–water partition coefficient (Wildman–Crippen LogP) is 10.7. The summed E-state index contributed by atoms with van der Waals surface area (Å²) in [6.07, 6.45) is 0. The van der Waals surface area contributed by atoms with E-state index < -0.39 is 0 Å². The van der Waals surface area contributed by atoms with E-state index in [9.17, 15) is 31.6 Å². The first-order valence-electron chi connectivity index (χ1n) is 16.9. The highest BCUT2D eigenvalue weighted by atomic mass is 14.8. The van der Waals surface area contributed by atoms with Crippen molar-refractivity contribution in [3.8, 4) is 36.4 Å². The number of rotatable bonds is 4. The lowest BCUT2D eigenvalue weighted by molar-refractivity contribution is 1.38. The van der Waals surface area contributed by atoms with E-state index in [-0.39, 0.29) is 112 Å². The Morgan fingerprint density at radius 1 is 0.483 bits per heavy atom. The third-order valence-electron chi connectivity index (χ3n) is 9.80. The lowest BCUT2D eigenvalue weighted by Gasteiger charge is -2.19. The Labute approximate surface area is 332 Å². The van der Waals surface area contributed by atoms with Crippen molar-refractivity contribution in [1.29, 1.82) is 31.6 Å². The summed E-state index contributed by atoms with van der Waals surface area (Å²) >= 11 is 0. The summed E-state index contributed by atoms with van der Waals surface area (Å²) in [5.41, 5.74) is 1.73. The van der Waals surface area contributed by atoms with Crippen molar-refractivity contribution >= 4 is 56.2 Å². The van der Waals surface area contributed by atoms with Gasteiger partial charge in [-0.15, -0.1) is 0 Å². The molecule has 0 radical (unpaired) electrons. The van der Waals surface area contributed by atoms with Crippen LogP contribution < -0.4 is 0 Å². The number of nitriles is 6. The maximum Gasteiger partial charge on any atom is 0.204 e. The first-order chi connectivity index (χ1) is 28.4. The van der Waals surface area contributed by atoms with Gasteiger partial charge in [0.25, 0.3) is 0 Å². The van der Waals surface area contributed by atoms with Gasteiger partial charge >= 0.3 is 0 Å². The number of allylic oxidation sites excluding steroid dienone is 6.